The van der Waals surface area contributed by atoms with Crippen LogP contribution in [-0.4, -0.2) is 4.98 Å². The second-order valence-electron chi connectivity index (χ2n) is 3.20. The molecule has 0 radical (unpaired) electrons. The lowest BCUT2D eigenvalue weighted by Crippen LogP contribution is -1.76. The van der Waals surface area contributed by atoms with E-state index in [0.29, 0.717) is 11.8 Å². The van der Waals surface area contributed by atoms with E-state index in [-0.39, 0.29) is 0 Å². The second-order valence-corrected chi connectivity index (χ2v) is 4.38. The van der Waals surface area contributed by atoms with E-state index in [2.05, 4.69) is 20.9 Å². The molecule has 0 saturated carbocycles. The van der Waals surface area contributed by atoms with Gasteiger partial charge in [0.25, 0.3) is 0 Å². The molecule has 0 spiro atoms. The van der Waals surface area contributed by atoms with Gasteiger partial charge in [0.05, 0.1) is 11.6 Å². The van der Waals surface area contributed by atoms with Crippen molar-refractivity contribution in [3.63, 3.8) is 0 Å². The zero-order chi connectivity index (χ0) is 11.4. The average Bonchev–Trinajstić information content (AvgIpc) is 2.76. The highest BCUT2D eigenvalue weighted by Crippen LogP contribution is 2.13. The lowest BCUT2D eigenvalue weighted by Gasteiger charge is -1.92. The fourth-order valence-corrected chi connectivity index (χ4v) is 1.59. The first kappa shape index (κ1) is 11.4. The Morgan fingerprint density at radius 2 is 2.00 bits per heavy atom. The molecule has 0 aliphatic rings. The van der Waals surface area contributed by atoms with Gasteiger partial charge in [-0.2, -0.15) is 0 Å². The number of halogens is 2. The Hall–Kier alpha value is -1.06. The number of hydrogen-bond acceptors (Lipinski definition) is 2. The quantitative estimate of drug-likeness (QED) is 0.788. The van der Waals surface area contributed by atoms with Crippen LogP contribution in [0, 0.1) is 0 Å². The molecule has 0 atom stereocenters. The minimum atomic E-state index is 0.371. The maximum atomic E-state index is 5.62. The third-order valence-corrected chi connectivity index (χ3v) is 2.80. The maximum absolute atomic E-state index is 5.62. The van der Waals surface area contributed by atoms with Crippen molar-refractivity contribution in [2.24, 2.45) is 0 Å². The topological polar surface area (TPSA) is 26.0 Å². The van der Waals surface area contributed by atoms with E-state index in [4.69, 9.17) is 16.0 Å². The SMILES string of the molecule is ClCc1coc(/C=C/c2ccc(Br)cc2)n1. The number of alkyl halides is 1. The molecule has 0 amide bonds. The van der Waals surface area contributed by atoms with Crippen LogP contribution in [-0.2, 0) is 5.88 Å². The van der Waals surface area contributed by atoms with Gasteiger partial charge in [-0.3, -0.25) is 0 Å². The number of oxazole rings is 1. The molecule has 2 aromatic rings. The Morgan fingerprint density at radius 3 is 2.62 bits per heavy atom. The molecule has 0 aliphatic heterocycles. The summed E-state index contributed by atoms with van der Waals surface area (Å²) in [5.74, 6) is 0.939. The van der Waals surface area contributed by atoms with Crippen LogP contribution in [0.3, 0.4) is 0 Å². The Morgan fingerprint density at radius 1 is 1.25 bits per heavy atom. The van der Waals surface area contributed by atoms with E-state index in [1.54, 1.807) is 6.26 Å². The smallest absolute Gasteiger partial charge is 0.218 e. The molecule has 2 nitrogen and oxygen atoms in total. The van der Waals surface area contributed by atoms with Crippen molar-refractivity contribution in [3.05, 3.63) is 52.1 Å². The molecule has 0 unspecified atom stereocenters. The third-order valence-electron chi connectivity index (χ3n) is 1.99. The molecule has 2 rings (SSSR count). The van der Waals surface area contributed by atoms with Gasteiger partial charge >= 0.3 is 0 Å². The van der Waals surface area contributed by atoms with Crippen molar-refractivity contribution in [2.45, 2.75) is 5.88 Å². The van der Waals surface area contributed by atoms with Crippen molar-refractivity contribution < 1.29 is 4.42 Å². The number of benzene rings is 1. The summed E-state index contributed by atoms with van der Waals surface area (Å²) in [5.41, 5.74) is 1.84. The van der Waals surface area contributed by atoms with E-state index < -0.39 is 0 Å². The summed E-state index contributed by atoms with van der Waals surface area (Å²) >= 11 is 9.01. The zero-order valence-electron chi connectivity index (χ0n) is 8.36. The van der Waals surface area contributed by atoms with Gasteiger partial charge in [-0.25, -0.2) is 4.98 Å². The van der Waals surface area contributed by atoms with Crippen molar-refractivity contribution in [2.75, 3.05) is 0 Å². The van der Waals surface area contributed by atoms with E-state index in [9.17, 15) is 0 Å². The molecule has 0 fully saturated rings. The van der Waals surface area contributed by atoms with E-state index in [1.165, 1.54) is 0 Å². The van der Waals surface area contributed by atoms with Gasteiger partial charge < -0.3 is 4.42 Å². The second kappa shape index (κ2) is 5.32. The molecule has 0 N–H and O–H groups in total. The first-order chi connectivity index (χ1) is 7.78. The zero-order valence-corrected chi connectivity index (χ0v) is 10.7. The van der Waals surface area contributed by atoms with E-state index in [0.717, 1.165) is 15.7 Å². The Balaban J connectivity index is 2.11. The highest BCUT2D eigenvalue weighted by Gasteiger charge is 1.98. The standard InChI is InChI=1S/C12H9BrClNO/c13-10-4-1-9(2-5-10)3-6-12-15-11(7-14)8-16-12/h1-6,8H,7H2/b6-3+. The van der Waals surface area contributed by atoms with Gasteiger partial charge in [0.15, 0.2) is 0 Å². The lowest BCUT2D eigenvalue weighted by atomic mass is 10.2. The van der Waals surface area contributed by atoms with Crippen LogP contribution < -0.4 is 0 Å². The van der Waals surface area contributed by atoms with Crippen molar-refractivity contribution in [1.82, 2.24) is 4.98 Å². The van der Waals surface area contributed by atoms with Crippen LogP contribution in [0.1, 0.15) is 17.1 Å². The van der Waals surface area contributed by atoms with Crippen LogP contribution in [0.4, 0.5) is 0 Å². The molecule has 1 heterocycles. The van der Waals surface area contributed by atoms with Gasteiger partial charge in [-0.1, -0.05) is 28.1 Å². The van der Waals surface area contributed by atoms with Gasteiger partial charge in [0.2, 0.25) is 5.89 Å². The Labute approximate surface area is 107 Å². The minimum absolute atomic E-state index is 0.371. The maximum Gasteiger partial charge on any atom is 0.218 e. The monoisotopic (exact) mass is 297 g/mol. The average molecular weight is 299 g/mol. The molecular formula is C12H9BrClNO. The number of nitrogens with zero attached hydrogens (tertiary/aromatic N) is 1. The van der Waals surface area contributed by atoms with Crippen LogP contribution in [0.15, 0.2) is 39.4 Å². The molecule has 82 valence electrons. The summed E-state index contributed by atoms with van der Waals surface area (Å²) in [5, 5.41) is 0. The highest BCUT2D eigenvalue weighted by atomic mass is 79.9. The Kier molecular flexibility index (Phi) is 3.80. The summed E-state index contributed by atoms with van der Waals surface area (Å²) in [4.78, 5) is 4.17. The summed E-state index contributed by atoms with van der Waals surface area (Å²) < 4.78 is 6.27. The van der Waals surface area contributed by atoms with Gasteiger partial charge in [-0.15, -0.1) is 11.6 Å². The molecular weight excluding hydrogens is 289 g/mol. The third kappa shape index (κ3) is 2.97. The fourth-order valence-electron chi connectivity index (χ4n) is 1.20. The first-order valence-corrected chi connectivity index (χ1v) is 6.05. The van der Waals surface area contributed by atoms with Gasteiger partial charge in [0.1, 0.15) is 6.26 Å². The molecule has 0 saturated heterocycles. The van der Waals surface area contributed by atoms with Crippen molar-refractivity contribution in [3.8, 4) is 0 Å². The Bertz CT molecular complexity index is 490. The van der Waals surface area contributed by atoms with Gasteiger partial charge in [0, 0.05) is 10.5 Å². The van der Waals surface area contributed by atoms with E-state index in [1.807, 2.05) is 36.4 Å². The lowest BCUT2D eigenvalue weighted by molar-refractivity contribution is 0.546. The first-order valence-electron chi connectivity index (χ1n) is 4.72. The van der Waals surface area contributed by atoms with Crippen molar-refractivity contribution in [1.29, 1.82) is 0 Å². The summed E-state index contributed by atoms with van der Waals surface area (Å²) in [6.07, 6.45) is 5.32. The molecule has 1 aromatic carbocycles. The fraction of sp³-hybridized carbons (Fsp3) is 0.0833. The summed E-state index contributed by atoms with van der Waals surface area (Å²) in [6, 6.07) is 7.98. The molecule has 0 bridgehead atoms. The molecule has 16 heavy (non-hydrogen) atoms. The minimum Gasteiger partial charge on any atom is -0.445 e. The van der Waals surface area contributed by atoms with Crippen LogP contribution >= 0.6 is 27.5 Å². The summed E-state index contributed by atoms with van der Waals surface area (Å²) in [7, 11) is 0. The molecule has 0 aliphatic carbocycles. The van der Waals surface area contributed by atoms with Crippen LogP contribution in [0.25, 0.3) is 12.2 Å². The number of rotatable bonds is 3. The normalized spacial score (nSPS) is 11.1. The largest absolute Gasteiger partial charge is 0.445 e. The summed E-state index contributed by atoms with van der Waals surface area (Å²) in [6.45, 7) is 0. The van der Waals surface area contributed by atoms with Crippen LogP contribution in [0.5, 0.6) is 0 Å². The number of aromatic nitrogens is 1. The van der Waals surface area contributed by atoms with E-state index >= 15 is 0 Å². The van der Waals surface area contributed by atoms with Crippen LogP contribution in [0.2, 0.25) is 0 Å². The number of hydrogen-bond donors (Lipinski definition) is 0. The highest BCUT2D eigenvalue weighted by molar-refractivity contribution is 9.10. The van der Waals surface area contributed by atoms with Crippen molar-refractivity contribution >= 4 is 39.7 Å². The molecule has 1 aromatic heterocycles. The van der Waals surface area contributed by atoms with Gasteiger partial charge in [-0.05, 0) is 23.8 Å². The molecule has 4 heteroatoms. The predicted molar refractivity (Wildman–Crippen MR) is 69.1 cm³/mol. The predicted octanol–water partition coefficient (Wildman–Crippen LogP) is 4.35.